The monoisotopic (exact) mass is 163 g/mol. The van der Waals surface area contributed by atoms with Crippen molar-refractivity contribution in [2.24, 2.45) is 0 Å². The van der Waals surface area contributed by atoms with Crippen molar-refractivity contribution in [3.63, 3.8) is 0 Å². The summed E-state index contributed by atoms with van der Waals surface area (Å²) in [6.45, 7) is 2.31. The van der Waals surface area contributed by atoms with Gasteiger partial charge in [0.1, 0.15) is 5.75 Å². The summed E-state index contributed by atoms with van der Waals surface area (Å²) in [4.78, 5) is 20.4. The third kappa shape index (κ3) is 5.43. The van der Waals surface area contributed by atoms with Crippen LogP contribution in [0.15, 0.2) is 0 Å². The highest BCUT2D eigenvalue weighted by Gasteiger charge is 2.02. The van der Waals surface area contributed by atoms with Crippen molar-refractivity contribution in [2.75, 3.05) is 12.3 Å². The van der Waals surface area contributed by atoms with Gasteiger partial charge in [-0.1, -0.05) is 11.8 Å². The van der Waals surface area contributed by atoms with E-state index in [9.17, 15) is 9.59 Å². The maximum Gasteiger partial charge on any atom is 0.314 e. The van der Waals surface area contributed by atoms with Crippen molar-refractivity contribution in [2.45, 2.75) is 6.92 Å². The van der Waals surface area contributed by atoms with Crippen molar-refractivity contribution in [1.29, 1.82) is 0 Å². The molecule has 0 saturated carbocycles. The number of rotatable bonds is 3. The first-order valence-corrected chi connectivity index (χ1v) is 3.77. The van der Waals surface area contributed by atoms with Crippen molar-refractivity contribution in [3.05, 3.63) is 0 Å². The fourth-order valence-electron chi connectivity index (χ4n) is 0.323. The Hall–Kier alpha value is -0.710. The molecule has 0 fully saturated rings. The van der Waals surface area contributed by atoms with E-state index < -0.39 is 5.97 Å². The maximum atomic E-state index is 10.5. The van der Waals surface area contributed by atoms with Gasteiger partial charge in [0, 0.05) is 6.54 Å². The molecule has 0 spiro atoms. The maximum absolute atomic E-state index is 10.5. The topological polar surface area (TPSA) is 66.4 Å². The second-order valence-corrected chi connectivity index (χ2v) is 2.45. The quantitative estimate of drug-likeness (QED) is 0.637. The molecule has 0 heterocycles. The summed E-state index contributed by atoms with van der Waals surface area (Å²) in [7, 11) is 0. The molecule has 58 valence electrons. The van der Waals surface area contributed by atoms with Crippen molar-refractivity contribution in [3.8, 4) is 0 Å². The minimum Gasteiger partial charge on any atom is -0.481 e. The normalized spacial score (nSPS) is 8.90. The number of thioether (sulfide) groups is 1. The van der Waals surface area contributed by atoms with E-state index in [1.807, 2.05) is 0 Å². The zero-order valence-corrected chi connectivity index (χ0v) is 6.40. The number of aliphatic carboxylic acids is 1. The molecule has 0 aliphatic rings. The number of hydrogen-bond acceptors (Lipinski definition) is 3. The third-order valence-corrected chi connectivity index (χ3v) is 1.45. The van der Waals surface area contributed by atoms with Crippen LogP contribution in [0.5, 0.6) is 0 Å². The Morgan fingerprint density at radius 1 is 1.60 bits per heavy atom. The standard InChI is InChI=1S/C5H9NO3S/c1-2-6-5(9)10-3-4(7)8/h2-3H2,1H3,(H,6,9)(H,7,8). The summed E-state index contributed by atoms with van der Waals surface area (Å²) in [6.07, 6.45) is 0. The Morgan fingerprint density at radius 3 is 2.60 bits per heavy atom. The summed E-state index contributed by atoms with van der Waals surface area (Å²) < 4.78 is 0. The lowest BCUT2D eigenvalue weighted by molar-refractivity contribution is -0.133. The van der Waals surface area contributed by atoms with Gasteiger partial charge in [0.2, 0.25) is 0 Å². The highest BCUT2D eigenvalue weighted by molar-refractivity contribution is 8.14. The molecular formula is C5H9NO3S. The molecule has 0 unspecified atom stereocenters. The van der Waals surface area contributed by atoms with Gasteiger partial charge in [0.15, 0.2) is 0 Å². The zero-order valence-electron chi connectivity index (χ0n) is 5.59. The molecule has 4 nitrogen and oxygen atoms in total. The number of amides is 1. The van der Waals surface area contributed by atoms with Crippen LogP contribution in [0.25, 0.3) is 0 Å². The summed E-state index contributed by atoms with van der Waals surface area (Å²) in [5.41, 5.74) is 0. The SMILES string of the molecule is CCNC(=O)SCC(=O)O. The summed E-state index contributed by atoms with van der Waals surface area (Å²) in [5, 5.41) is 10.3. The van der Waals surface area contributed by atoms with Crippen LogP contribution in [-0.4, -0.2) is 28.6 Å². The van der Waals surface area contributed by atoms with E-state index in [1.54, 1.807) is 6.92 Å². The number of carboxylic acid groups (broad SMARTS) is 1. The number of carbonyl (C=O) groups is 2. The smallest absolute Gasteiger partial charge is 0.314 e. The Kier molecular flexibility index (Phi) is 4.74. The highest BCUT2D eigenvalue weighted by Crippen LogP contribution is 1.99. The van der Waals surface area contributed by atoms with Gasteiger partial charge in [0.25, 0.3) is 5.24 Å². The number of carbonyl (C=O) groups excluding carboxylic acids is 1. The Labute approximate surface area is 63.0 Å². The van der Waals surface area contributed by atoms with Crippen molar-refractivity contribution in [1.82, 2.24) is 5.32 Å². The fourth-order valence-corrected chi connectivity index (χ4v) is 0.824. The van der Waals surface area contributed by atoms with E-state index in [4.69, 9.17) is 5.11 Å². The van der Waals surface area contributed by atoms with Crippen LogP contribution in [0.3, 0.4) is 0 Å². The van der Waals surface area contributed by atoms with Crippen LogP contribution in [0.2, 0.25) is 0 Å². The van der Waals surface area contributed by atoms with E-state index in [0.717, 1.165) is 11.8 Å². The molecule has 0 aromatic heterocycles. The van der Waals surface area contributed by atoms with Gasteiger partial charge in [-0.25, -0.2) is 0 Å². The number of nitrogens with one attached hydrogen (secondary N) is 1. The van der Waals surface area contributed by atoms with Gasteiger partial charge >= 0.3 is 5.97 Å². The predicted octanol–water partition coefficient (Wildman–Crippen LogP) is 0.534. The van der Waals surface area contributed by atoms with Crippen molar-refractivity contribution < 1.29 is 14.7 Å². The van der Waals surface area contributed by atoms with Crippen LogP contribution in [0.1, 0.15) is 6.92 Å². The van der Waals surface area contributed by atoms with Crippen LogP contribution in [-0.2, 0) is 4.79 Å². The molecule has 0 radical (unpaired) electrons. The highest BCUT2D eigenvalue weighted by atomic mass is 32.2. The average molecular weight is 163 g/mol. The predicted molar refractivity (Wildman–Crippen MR) is 39.2 cm³/mol. The van der Waals surface area contributed by atoms with Crippen LogP contribution < -0.4 is 5.32 Å². The summed E-state index contributed by atoms with van der Waals surface area (Å²) >= 11 is 0.760. The minimum absolute atomic E-state index is 0.175. The van der Waals surface area contributed by atoms with E-state index >= 15 is 0 Å². The first-order valence-electron chi connectivity index (χ1n) is 2.79. The molecule has 1 amide bonds. The molecule has 0 atom stereocenters. The average Bonchev–Trinajstić information content (AvgIpc) is 1.85. The van der Waals surface area contributed by atoms with Crippen molar-refractivity contribution >= 4 is 23.0 Å². The molecule has 0 aromatic rings. The molecule has 0 aromatic carbocycles. The number of hydrogen-bond donors (Lipinski definition) is 2. The molecule has 0 saturated heterocycles. The summed E-state index contributed by atoms with van der Waals surface area (Å²) in [5.74, 6) is -1.15. The lowest BCUT2D eigenvalue weighted by Crippen LogP contribution is -2.19. The van der Waals surface area contributed by atoms with E-state index in [0.29, 0.717) is 6.54 Å². The molecule has 0 bridgehead atoms. The van der Waals surface area contributed by atoms with Gasteiger partial charge in [-0.15, -0.1) is 0 Å². The zero-order chi connectivity index (χ0) is 7.98. The van der Waals surface area contributed by atoms with Crippen LogP contribution >= 0.6 is 11.8 Å². The van der Waals surface area contributed by atoms with E-state index in [2.05, 4.69) is 5.32 Å². The first-order chi connectivity index (χ1) is 4.66. The largest absolute Gasteiger partial charge is 0.481 e. The molecule has 0 aliphatic carbocycles. The second-order valence-electron chi connectivity index (χ2n) is 1.50. The lowest BCUT2D eigenvalue weighted by atomic mass is 10.8. The third-order valence-electron chi connectivity index (χ3n) is 0.648. The first kappa shape index (κ1) is 9.29. The van der Waals surface area contributed by atoms with Gasteiger partial charge in [0.05, 0.1) is 0 Å². The van der Waals surface area contributed by atoms with Gasteiger partial charge < -0.3 is 10.4 Å². The lowest BCUT2D eigenvalue weighted by Gasteiger charge is -1.96. The van der Waals surface area contributed by atoms with E-state index in [1.165, 1.54) is 0 Å². The Morgan fingerprint density at radius 2 is 2.20 bits per heavy atom. The second kappa shape index (κ2) is 5.10. The van der Waals surface area contributed by atoms with Gasteiger partial charge in [-0.05, 0) is 6.92 Å². The minimum atomic E-state index is -0.976. The van der Waals surface area contributed by atoms with Gasteiger partial charge in [-0.2, -0.15) is 0 Å². The molecule has 0 aliphatic heterocycles. The summed E-state index contributed by atoms with van der Waals surface area (Å²) in [6, 6.07) is 0. The fraction of sp³-hybridized carbons (Fsp3) is 0.600. The Balaban J connectivity index is 3.30. The van der Waals surface area contributed by atoms with Gasteiger partial charge in [-0.3, -0.25) is 9.59 Å². The van der Waals surface area contributed by atoms with E-state index in [-0.39, 0.29) is 11.0 Å². The van der Waals surface area contributed by atoms with Crippen LogP contribution in [0.4, 0.5) is 4.79 Å². The Bertz CT molecular complexity index is 137. The number of carboxylic acids is 1. The van der Waals surface area contributed by atoms with Crippen LogP contribution in [0, 0.1) is 0 Å². The molecule has 5 heteroatoms. The molecule has 10 heavy (non-hydrogen) atoms. The molecule has 2 N–H and O–H groups in total. The molecule has 0 rings (SSSR count). The molecular weight excluding hydrogens is 154 g/mol.